The quantitative estimate of drug-likeness (QED) is 0.214. The average molecular weight is 294 g/mol. The van der Waals surface area contributed by atoms with Crippen LogP contribution in [0.25, 0.3) is 0 Å². The number of nitrogens with one attached hydrogen (secondary N) is 1. The lowest BCUT2D eigenvalue weighted by atomic mass is 10.3. The molecule has 21 heavy (non-hydrogen) atoms. The van der Waals surface area contributed by atoms with E-state index in [0.29, 0.717) is 5.57 Å². The van der Waals surface area contributed by atoms with Crippen molar-refractivity contribution in [3.63, 3.8) is 0 Å². The number of ether oxygens (including phenoxy) is 2. The van der Waals surface area contributed by atoms with Gasteiger partial charge in [-0.3, -0.25) is 14.9 Å². The van der Waals surface area contributed by atoms with Crippen LogP contribution in [0.3, 0.4) is 0 Å². The van der Waals surface area contributed by atoms with Crippen molar-refractivity contribution >= 4 is 17.7 Å². The third-order valence-electron chi connectivity index (χ3n) is 2.24. The van der Waals surface area contributed by atoms with Gasteiger partial charge in [0.05, 0.1) is 11.5 Å². The zero-order valence-electron chi connectivity index (χ0n) is 11.3. The molecule has 0 aliphatic carbocycles. The van der Waals surface area contributed by atoms with Crippen LogP contribution >= 0.6 is 0 Å². The summed E-state index contributed by atoms with van der Waals surface area (Å²) in [4.78, 5) is 32.3. The van der Waals surface area contributed by atoms with Crippen molar-refractivity contribution in [2.45, 2.75) is 6.92 Å². The normalized spacial score (nSPS) is 9.57. The first kappa shape index (κ1) is 16.2. The first-order chi connectivity index (χ1) is 9.90. The van der Waals surface area contributed by atoms with Gasteiger partial charge in [0.15, 0.2) is 0 Å². The molecular formula is C13H14N2O6. The third kappa shape index (κ3) is 5.72. The topological polar surface area (TPSA) is 108 Å². The van der Waals surface area contributed by atoms with E-state index >= 15 is 0 Å². The Morgan fingerprint density at radius 3 is 2.48 bits per heavy atom. The number of nitrogens with zero attached hydrogens (tertiary/aromatic N) is 1. The number of non-ortho nitro benzene ring substituents is 1. The molecule has 0 aliphatic heterocycles. The molecule has 0 spiro atoms. The first-order valence-corrected chi connectivity index (χ1v) is 5.93. The molecule has 0 bridgehead atoms. The van der Waals surface area contributed by atoms with Crippen LogP contribution in [0.5, 0.6) is 5.75 Å². The summed E-state index contributed by atoms with van der Waals surface area (Å²) < 4.78 is 9.50. The highest BCUT2D eigenvalue weighted by atomic mass is 16.7. The van der Waals surface area contributed by atoms with Crippen LogP contribution in [0, 0.1) is 10.1 Å². The lowest BCUT2D eigenvalue weighted by Crippen LogP contribution is -2.28. The highest BCUT2D eigenvalue weighted by Crippen LogP contribution is 2.17. The van der Waals surface area contributed by atoms with Gasteiger partial charge in [-0.25, -0.2) is 4.79 Å². The molecule has 0 unspecified atom stereocenters. The summed E-state index contributed by atoms with van der Waals surface area (Å²) in [6.45, 7) is 5.07. The molecule has 0 aromatic heterocycles. The summed E-state index contributed by atoms with van der Waals surface area (Å²) >= 11 is 0. The second-order valence-electron chi connectivity index (χ2n) is 3.99. The number of amides is 1. The minimum absolute atomic E-state index is 0.0646. The summed E-state index contributed by atoms with van der Waals surface area (Å²) in [6, 6.07) is 4.97. The van der Waals surface area contributed by atoms with Crippen LogP contribution in [0.4, 0.5) is 10.5 Å². The number of nitro groups is 1. The number of hydrogen-bond donors (Lipinski definition) is 1. The van der Waals surface area contributed by atoms with Crippen LogP contribution in [0.2, 0.25) is 0 Å². The maximum absolute atomic E-state index is 11.3. The summed E-state index contributed by atoms with van der Waals surface area (Å²) in [5.41, 5.74) is 0.238. The SMILES string of the molecule is C=C(C)C(=O)NCCOC(=O)Oc1ccc([N+](=O)[O-])cc1. The molecule has 8 nitrogen and oxygen atoms in total. The molecule has 0 aliphatic rings. The van der Waals surface area contributed by atoms with E-state index in [0.717, 1.165) is 0 Å². The number of benzene rings is 1. The Labute approximate surface area is 120 Å². The first-order valence-electron chi connectivity index (χ1n) is 5.93. The second kappa shape index (κ2) is 7.63. The van der Waals surface area contributed by atoms with Crippen molar-refractivity contribution in [1.82, 2.24) is 5.32 Å². The van der Waals surface area contributed by atoms with E-state index in [1.807, 2.05) is 0 Å². The van der Waals surface area contributed by atoms with Gasteiger partial charge in [-0.15, -0.1) is 0 Å². The highest BCUT2D eigenvalue weighted by Gasteiger charge is 2.09. The van der Waals surface area contributed by atoms with Crippen molar-refractivity contribution < 1.29 is 24.0 Å². The molecule has 1 rings (SSSR count). The summed E-state index contributed by atoms with van der Waals surface area (Å²) in [7, 11) is 0. The average Bonchev–Trinajstić information content (AvgIpc) is 2.43. The van der Waals surface area contributed by atoms with Crippen LogP contribution in [-0.2, 0) is 9.53 Å². The van der Waals surface area contributed by atoms with Gasteiger partial charge in [-0.05, 0) is 19.1 Å². The van der Waals surface area contributed by atoms with E-state index in [-0.39, 0.29) is 30.5 Å². The van der Waals surface area contributed by atoms with E-state index in [4.69, 9.17) is 9.47 Å². The summed E-state index contributed by atoms with van der Waals surface area (Å²) in [5.74, 6) is -0.209. The van der Waals surface area contributed by atoms with E-state index in [1.165, 1.54) is 24.3 Å². The Hall–Kier alpha value is -2.90. The van der Waals surface area contributed by atoms with Crippen molar-refractivity contribution in [2.24, 2.45) is 0 Å². The van der Waals surface area contributed by atoms with Crippen molar-refractivity contribution in [2.75, 3.05) is 13.2 Å². The Morgan fingerprint density at radius 2 is 1.95 bits per heavy atom. The van der Waals surface area contributed by atoms with E-state index in [9.17, 15) is 19.7 Å². The molecule has 112 valence electrons. The summed E-state index contributed by atoms with van der Waals surface area (Å²) in [6.07, 6.45) is -0.964. The molecule has 0 saturated carbocycles. The predicted octanol–water partition coefficient (Wildman–Crippen LogP) is 1.80. The fourth-order valence-electron chi connectivity index (χ4n) is 1.21. The molecule has 0 radical (unpaired) electrons. The van der Waals surface area contributed by atoms with E-state index < -0.39 is 11.1 Å². The molecule has 0 heterocycles. The lowest BCUT2D eigenvalue weighted by molar-refractivity contribution is -0.384. The number of nitro benzene ring substituents is 1. The van der Waals surface area contributed by atoms with Gasteiger partial charge < -0.3 is 14.8 Å². The van der Waals surface area contributed by atoms with Crippen LogP contribution in [0.15, 0.2) is 36.4 Å². The minimum atomic E-state index is -0.964. The zero-order chi connectivity index (χ0) is 15.8. The standard InChI is InChI=1S/C13H14N2O6/c1-9(2)12(16)14-7-8-20-13(17)21-11-5-3-10(4-6-11)15(18)19/h3-6H,1,7-8H2,2H3,(H,14,16). The van der Waals surface area contributed by atoms with Gasteiger partial charge in [0, 0.05) is 17.7 Å². The van der Waals surface area contributed by atoms with Crippen molar-refractivity contribution in [3.8, 4) is 5.75 Å². The Balaban J connectivity index is 2.32. The molecule has 0 fully saturated rings. The molecule has 1 N–H and O–H groups in total. The number of carbonyl (C=O) groups is 2. The minimum Gasteiger partial charge on any atom is -0.432 e. The molecule has 0 atom stereocenters. The maximum atomic E-state index is 11.3. The van der Waals surface area contributed by atoms with Gasteiger partial charge in [-0.2, -0.15) is 0 Å². The second-order valence-corrected chi connectivity index (χ2v) is 3.99. The van der Waals surface area contributed by atoms with Gasteiger partial charge >= 0.3 is 6.16 Å². The monoisotopic (exact) mass is 294 g/mol. The van der Waals surface area contributed by atoms with Gasteiger partial charge in [0.2, 0.25) is 5.91 Å². The Kier molecular flexibility index (Phi) is 5.87. The van der Waals surface area contributed by atoms with Crippen molar-refractivity contribution in [3.05, 3.63) is 46.5 Å². The fourth-order valence-corrected chi connectivity index (χ4v) is 1.21. The smallest absolute Gasteiger partial charge is 0.432 e. The molecule has 1 aromatic rings. The van der Waals surface area contributed by atoms with Crippen LogP contribution < -0.4 is 10.1 Å². The predicted molar refractivity (Wildman–Crippen MR) is 72.9 cm³/mol. The van der Waals surface area contributed by atoms with Crippen LogP contribution in [-0.4, -0.2) is 30.1 Å². The molecule has 1 aromatic carbocycles. The maximum Gasteiger partial charge on any atom is 0.513 e. The fraction of sp³-hybridized carbons (Fsp3) is 0.231. The highest BCUT2D eigenvalue weighted by molar-refractivity contribution is 5.92. The molecule has 1 amide bonds. The zero-order valence-corrected chi connectivity index (χ0v) is 11.3. The van der Waals surface area contributed by atoms with Crippen molar-refractivity contribution in [1.29, 1.82) is 0 Å². The number of rotatable bonds is 6. The molecular weight excluding hydrogens is 280 g/mol. The van der Waals surface area contributed by atoms with Crippen LogP contribution in [0.1, 0.15) is 6.92 Å². The Morgan fingerprint density at radius 1 is 1.33 bits per heavy atom. The number of carbonyl (C=O) groups excluding carboxylic acids is 2. The third-order valence-corrected chi connectivity index (χ3v) is 2.24. The summed E-state index contributed by atoms with van der Waals surface area (Å²) in [5, 5.41) is 12.9. The van der Waals surface area contributed by atoms with Gasteiger partial charge in [0.25, 0.3) is 5.69 Å². The number of hydrogen-bond acceptors (Lipinski definition) is 6. The Bertz CT molecular complexity index is 552. The van der Waals surface area contributed by atoms with Gasteiger partial charge in [-0.1, -0.05) is 6.58 Å². The van der Waals surface area contributed by atoms with Gasteiger partial charge in [0.1, 0.15) is 12.4 Å². The largest absolute Gasteiger partial charge is 0.513 e. The lowest BCUT2D eigenvalue weighted by Gasteiger charge is -2.07. The van der Waals surface area contributed by atoms with E-state index in [1.54, 1.807) is 6.92 Å². The molecule has 0 saturated heterocycles. The molecule has 8 heteroatoms. The van der Waals surface area contributed by atoms with E-state index in [2.05, 4.69) is 11.9 Å².